The van der Waals surface area contributed by atoms with E-state index >= 15 is 0 Å². The zero-order valence-corrected chi connectivity index (χ0v) is 11.8. The van der Waals surface area contributed by atoms with Crippen LogP contribution in [0, 0.1) is 0 Å². The molecule has 21 heavy (non-hydrogen) atoms. The summed E-state index contributed by atoms with van der Waals surface area (Å²) in [5.41, 5.74) is 2.54. The van der Waals surface area contributed by atoms with Gasteiger partial charge in [0.05, 0.1) is 11.7 Å². The summed E-state index contributed by atoms with van der Waals surface area (Å²) in [6.45, 7) is 0. The second-order valence-corrected chi connectivity index (χ2v) is 4.99. The van der Waals surface area contributed by atoms with Gasteiger partial charge in [0, 0.05) is 22.2 Å². The van der Waals surface area contributed by atoms with Crippen LogP contribution in [-0.4, -0.2) is 16.1 Å². The van der Waals surface area contributed by atoms with Crippen LogP contribution in [0.25, 0.3) is 17.0 Å². The lowest BCUT2D eigenvalue weighted by Gasteiger charge is -2.02. The van der Waals surface area contributed by atoms with Gasteiger partial charge in [-0.1, -0.05) is 23.7 Å². The molecule has 104 valence electrons. The topological polar surface area (TPSA) is 57.8 Å². The molecule has 0 bridgehead atoms. The molecule has 2 aromatic carbocycles. The minimum Gasteiger partial charge on any atom is -0.322 e. The van der Waals surface area contributed by atoms with E-state index in [1.807, 2.05) is 30.3 Å². The fourth-order valence-corrected chi connectivity index (χ4v) is 2.19. The number of carbonyl (C=O) groups excluding carboxylic acids is 1. The fourth-order valence-electron chi connectivity index (χ4n) is 1.99. The maximum absolute atomic E-state index is 11.9. The first-order chi connectivity index (χ1) is 10.2. The number of rotatable bonds is 3. The van der Waals surface area contributed by atoms with Gasteiger partial charge in [-0.25, -0.2) is 0 Å². The van der Waals surface area contributed by atoms with Crippen molar-refractivity contribution in [3.63, 3.8) is 0 Å². The average Bonchev–Trinajstić information content (AvgIpc) is 2.93. The van der Waals surface area contributed by atoms with Gasteiger partial charge in [-0.15, -0.1) is 0 Å². The summed E-state index contributed by atoms with van der Waals surface area (Å²) in [6, 6.07) is 12.9. The van der Waals surface area contributed by atoms with Crippen LogP contribution in [0.1, 0.15) is 5.56 Å². The van der Waals surface area contributed by atoms with E-state index in [0.29, 0.717) is 5.02 Å². The first kappa shape index (κ1) is 13.4. The number of H-pyrrole nitrogens is 1. The standard InChI is InChI=1S/C16H12ClN3O/c17-13-3-1-2-11(8-13)4-7-16(21)19-14-5-6-15-12(9-14)10-18-20-15/h1-10H,(H,18,20)(H,19,21)/b7-4+. The average molecular weight is 298 g/mol. The molecule has 0 radical (unpaired) electrons. The second-order valence-electron chi connectivity index (χ2n) is 4.55. The summed E-state index contributed by atoms with van der Waals surface area (Å²) in [5, 5.41) is 11.2. The second kappa shape index (κ2) is 5.81. The van der Waals surface area contributed by atoms with Gasteiger partial charge in [0.25, 0.3) is 0 Å². The Bertz CT molecular complexity index is 823. The highest BCUT2D eigenvalue weighted by Gasteiger charge is 2.01. The predicted octanol–water partition coefficient (Wildman–Crippen LogP) is 3.87. The van der Waals surface area contributed by atoms with Crippen molar-refractivity contribution in [2.24, 2.45) is 0 Å². The van der Waals surface area contributed by atoms with E-state index in [1.54, 1.807) is 24.4 Å². The van der Waals surface area contributed by atoms with Crippen LogP contribution >= 0.6 is 11.6 Å². The number of halogens is 1. The van der Waals surface area contributed by atoms with E-state index in [-0.39, 0.29) is 5.91 Å². The highest BCUT2D eigenvalue weighted by molar-refractivity contribution is 6.30. The number of nitrogens with one attached hydrogen (secondary N) is 2. The first-order valence-corrected chi connectivity index (χ1v) is 6.76. The SMILES string of the molecule is O=C(/C=C/c1cccc(Cl)c1)Nc1ccc2[nH]ncc2c1. The van der Waals surface area contributed by atoms with Gasteiger partial charge in [-0.2, -0.15) is 5.10 Å². The van der Waals surface area contributed by atoms with E-state index in [2.05, 4.69) is 15.5 Å². The molecular weight excluding hydrogens is 286 g/mol. The van der Waals surface area contributed by atoms with Gasteiger partial charge in [-0.05, 0) is 42.0 Å². The lowest BCUT2D eigenvalue weighted by atomic mass is 10.2. The van der Waals surface area contributed by atoms with E-state index in [4.69, 9.17) is 11.6 Å². The Morgan fingerprint density at radius 2 is 2.14 bits per heavy atom. The molecule has 0 aliphatic heterocycles. The Morgan fingerprint density at radius 3 is 3.00 bits per heavy atom. The molecule has 0 aliphatic carbocycles. The van der Waals surface area contributed by atoms with Crippen molar-refractivity contribution in [2.45, 2.75) is 0 Å². The van der Waals surface area contributed by atoms with Crippen LogP contribution < -0.4 is 5.32 Å². The van der Waals surface area contributed by atoms with Crippen LogP contribution in [0.5, 0.6) is 0 Å². The smallest absolute Gasteiger partial charge is 0.248 e. The summed E-state index contributed by atoms with van der Waals surface area (Å²) in [4.78, 5) is 11.9. The summed E-state index contributed by atoms with van der Waals surface area (Å²) >= 11 is 5.89. The Hall–Kier alpha value is -2.59. The molecular formula is C16H12ClN3O. The summed E-state index contributed by atoms with van der Waals surface area (Å²) in [6.07, 6.45) is 4.91. The van der Waals surface area contributed by atoms with Crippen LogP contribution in [-0.2, 0) is 4.79 Å². The molecule has 5 heteroatoms. The first-order valence-electron chi connectivity index (χ1n) is 6.38. The molecule has 4 nitrogen and oxygen atoms in total. The van der Waals surface area contributed by atoms with Gasteiger partial charge in [0.2, 0.25) is 5.91 Å². The third-order valence-corrected chi connectivity index (χ3v) is 3.22. The molecule has 3 aromatic rings. The quantitative estimate of drug-likeness (QED) is 0.721. The van der Waals surface area contributed by atoms with Crippen molar-refractivity contribution in [3.8, 4) is 0 Å². The minimum atomic E-state index is -0.196. The van der Waals surface area contributed by atoms with E-state index < -0.39 is 0 Å². The number of anilines is 1. The molecule has 1 amide bonds. The zero-order valence-electron chi connectivity index (χ0n) is 11.0. The lowest BCUT2D eigenvalue weighted by molar-refractivity contribution is -0.111. The van der Waals surface area contributed by atoms with Crippen molar-refractivity contribution in [2.75, 3.05) is 5.32 Å². The van der Waals surface area contributed by atoms with Crippen LogP contribution in [0.15, 0.2) is 54.7 Å². The molecule has 0 unspecified atom stereocenters. The highest BCUT2D eigenvalue weighted by atomic mass is 35.5. The fraction of sp³-hybridized carbons (Fsp3) is 0. The summed E-state index contributed by atoms with van der Waals surface area (Å²) in [5.74, 6) is -0.196. The van der Waals surface area contributed by atoms with Crippen molar-refractivity contribution in [1.82, 2.24) is 10.2 Å². The molecule has 0 saturated heterocycles. The number of aromatic nitrogens is 2. The number of hydrogen-bond donors (Lipinski definition) is 2. The van der Waals surface area contributed by atoms with Gasteiger partial charge in [0.1, 0.15) is 0 Å². The Labute approximate surface area is 126 Å². The van der Waals surface area contributed by atoms with Crippen molar-refractivity contribution in [3.05, 3.63) is 65.3 Å². The van der Waals surface area contributed by atoms with E-state index in [1.165, 1.54) is 6.08 Å². The number of benzene rings is 2. The van der Waals surface area contributed by atoms with Crippen molar-refractivity contribution < 1.29 is 4.79 Å². The van der Waals surface area contributed by atoms with Crippen molar-refractivity contribution >= 4 is 40.2 Å². The van der Waals surface area contributed by atoms with E-state index in [9.17, 15) is 4.79 Å². The molecule has 1 aromatic heterocycles. The Morgan fingerprint density at radius 1 is 1.24 bits per heavy atom. The molecule has 0 aliphatic rings. The maximum atomic E-state index is 11.9. The maximum Gasteiger partial charge on any atom is 0.248 e. The normalized spacial score (nSPS) is 11.1. The molecule has 0 fully saturated rings. The number of carbonyl (C=O) groups is 1. The van der Waals surface area contributed by atoms with Gasteiger partial charge < -0.3 is 5.32 Å². The Balaban J connectivity index is 1.71. The lowest BCUT2D eigenvalue weighted by Crippen LogP contribution is -2.07. The summed E-state index contributed by atoms with van der Waals surface area (Å²) in [7, 11) is 0. The van der Waals surface area contributed by atoms with Crippen molar-refractivity contribution in [1.29, 1.82) is 0 Å². The molecule has 0 saturated carbocycles. The molecule has 0 atom stereocenters. The monoisotopic (exact) mass is 297 g/mol. The number of aromatic amines is 1. The number of fused-ring (bicyclic) bond motifs is 1. The Kier molecular flexibility index (Phi) is 3.71. The van der Waals surface area contributed by atoms with Crippen LogP contribution in [0.3, 0.4) is 0 Å². The molecule has 1 heterocycles. The predicted molar refractivity (Wildman–Crippen MR) is 85.2 cm³/mol. The highest BCUT2D eigenvalue weighted by Crippen LogP contribution is 2.17. The zero-order chi connectivity index (χ0) is 14.7. The summed E-state index contributed by atoms with van der Waals surface area (Å²) < 4.78 is 0. The van der Waals surface area contributed by atoms with Gasteiger partial charge in [-0.3, -0.25) is 9.89 Å². The van der Waals surface area contributed by atoms with Gasteiger partial charge >= 0.3 is 0 Å². The third kappa shape index (κ3) is 3.30. The van der Waals surface area contributed by atoms with Crippen LogP contribution in [0.4, 0.5) is 5.69 Å². The van der Waals surface area contributed by atoms with Crippen LogP contribution in [0.2, 0.25) is 5.02 Å². The molecule has 0 spiro atoms. The number of amides is 1. The number of hydrogen-bond acceptors (Lipinski definition) is 2. The minimum absolute atomic E-state index is 0.196. The van der Waals surface area contributed by atoms with Gasteiger partial charge in [0.15, 0.2) is 0 Å². The third-order valence-electron chi connectivity index (χ3n) is 2.98. The number of nitrogens with zero attached hydrogens (tertiary/aromatic N) is 1. The largest absolute Gasteiger partial charge is 0.322 e. The molecule has 3 rings (SSSR count). The van der Waals surface area contributed by atoms with E-state index in [0.717, 1.165) is 22.2 Å². The molecule has 2 N–H and O–H groups in total.